The number of benzene rings is 1. The van der Waals surface area contributed by atoms with Crippen molar-refractivity contribution in [3.63, 3.8) is 0 Å². The van der Waals surface area contributed by atoms with Crippen LogP contribution in [0.3, 0.4) is 0 Å². The molecule has 1 aromatic rings. The first kappa shape index (κ1) is 14.9. The first-order chi connectivity index (χ1) is 8.43. The molecule has 18 heavy (non-hydrogen) atoms. The Hall–Kier alpha value is -1.11. The molecule has 0 fully saturated rings. The van der Waals surface area contributed by atoms with E-state index >= 15 is 0 Å². The molecule has 0 radical (unpaired) electrons. The van der Waals surface area contributed by atoms with Gasteiger partial charge in [0.1, 0.15) is 0 Å². The molecule has 5 nitrogen and oxygen atoms in total. The van der Waals surface area contributed by atoms with Crippen LogP contribution in [-0.2, 0) is 15.8 Å². The maximum atomic E-state index is 11.7. The normalized spacial score (nSPS) is 13.4. The third-order valence-electron chi connectivity index (χ3n) is 2.58. The molecular weight excluding hydrogens is 252 g/mol. The molecule has 0 bridgehead atoms. The average molecular weight is 272 g/mol. The third kappa shape index (κ3) is 5.48. The fourth-order valence-corrected chi connectivity index (χ4v) is 2.69. The first-order valence-electron chi connectivity index (χ1n) is 5.93. The summed E-state index contributed by atoms with van der Waals surface area (Å²) >= 11 is 0. The number of nitrogens with one attached hydrogen (secondary N) is 1. The molecule has 0 aliphatic heterocycles. The third-order valence-corrected chi connectivity index (χ3v) is 3.94. The van der Waals surface area contributed by atoms with Gasteiger partial charge in [-0.1, -0.05) is 19.1 Å². The predicted octanol–water partition coefficient (Wildman–Crippen LogP) is 0.849. The van der Waals surface area contributed by atoms with Crippen LogP contribution in [-0.4, -0.2) is 26.2 Å². The van der Waals surface area contributed by atoms with E-state index in [9.17, 15) is 13.5 Å². The Labute approximate surface area is 108 Å². The van der Waals surface area contributed by atoms with Gasteiger partial charge in [-0.15, -0.1) is 0 Å². The summed E-state index contributed by atoms with van der Waals surface area (Å²) in [5.41, 5.74) is 6.78. The summed E-state index contributed by atoms with van der Waals surface area (Å²) in [6, 6.07) is 6.79. The van der Waals surface area contributed by atoms with Crippen molar-refractivity contribution in [2.75, 3.05) is 12.3 Å². The molecule has 1 rings (SSSR count). The molecule has 102 valence electrons. The zero-order valence-electron chi connectivity index (χ0n) is 10.5. The molecule has 0 heterocycles. The SMILES string of the molecule is CCC(O)CCNS(=O)(=O)Cc1cccc(N)c1. The molecule has 1 unspecified atom stereocenters. The number of nitrogen functional groups attached to an aromatic ring is 1. The van der Waals surface area contributed by atoms with Crippen molar-refractivity contribution in [3.8, 4) is 0 Å². The minimum atomic E-state index is -3.37. The molecule has 0 aliphatic rings. The monoisotopic (exact) mass is 272 g/mol. The number of hydrogen-bond donors (Lipinski definition) is 3. The van der Waals surface area contributed by atoms with Crippen LogP contribution in [0, 0.1) is 0 Å². The number of anilines is 1. The second-order valence-corrected chi connectivity index (χ2v) is 6.06. The van der Waals surface area contributed by atoms with Crippen LogP contribution in [0.2, 0.25) is 0 Å². The maximum Gasteiger partial charge on any atom is 0.215 e. The van der Waals surface area contributed by atoms with Crippen molar-refractivity contribution >= 4 is 15.7 Å². The Morgan fingerprint density at radius 1 is 1.44 bits per heavy atom. The fourth-order valence-electron chi connectivity index (χ4n) is 1.54. The van der Waals surface area contributed by atoms with Gasteiger partial charge in [0.25, 0.3) is 0 Å². The van der Waals surface area contributed by atoms with E-state index in [0.29, 0.717) is 24.1 Å². The van der Waals surface area contributed by atoms with E-state index < -0.39 is 16.1 Å². The van der Waals surface area contributed by atoms with E-state index in [1.54, 1.807) is 24.3 Å². The molecule has 4 N–H and O–H groups in total. The molecule has 0 aromatic heterocycles. The highest BCUT2D eigenvalue weighted by Crippen LogP contribution is 2.09. The van der Waals surface area contributed by atoms with Gasteiger partial charge in [-0.25, -0.2) is 13.1 Å². The second kappa shape index (κ2) is 6.72. The van der Waals surface area contributed by atoms with Crippen molar-refractivity contribution < 1.29 is 13.5 Å². The zero-order valence-corrected chi connectivity index (χ0v) is 11.3. The average Bonchev–Trinajstić information content (AvgIpc) is 2.27. The lowest BCUT2D eigenvalue weighted by Crippen LogP contribution is -2.28. The molecule has 1 aromatic carbocycles. The number of aliphatic hydroxyl groups is 1. The van der Waals surface area contributed by atoms with Gasteiger partial charge < -0.3 is 10.8 Å². The van der Waals surface area contributed by atoms with Crippen molar-refractivity contribution in [2.45, 2.75) is 31.6 Å². The molecule has 6 heteroatoms. The highest BCUT2D eigenvalue weighted by molar-refractivity contribution is 7.88. The van der Waals surface area contributed by atoms with Gasteiger partial charge in [0.2, 0.25) is 10.0 Å². The lowest BCUT2D eigenvalue weighted by Gasteiger charge is -2.09. The standard InChI is InChI=1S/C12H20N2O3S/c1-2-12(15)6-7-14-18(16,17)9-10-4-3-5-11(13)8-10/h3-5,8,12,14-15H,2,6-7,9,13H2,1H3. The van der Waals surface area contributed by atoms with E-state index in [-0.39, 0.29) is 12.3 Å². The summed E-state index contributed by atoms with van der Waals surface area (Å²) in [4.78, 5) is 0. The molecule has 0 amide bonds. The number of aliphatic hydroxyl groups excluding tert-OH is 1. The van der Waals surface area contributed by atoms with Gasteiger partial charge in [0.15, 0.2) is 0 Å². The summed E-state index contributed by atoms with van der Waals surface area (Å²) in [5.74, 6) is -0.0970. The van der Waals surface area contributed by atoms with Gasteiger partial charge in [-0.05, 0) is 30.5 Å². The number of sulfonamides is 1. The van der Waals surface area contributed by atoms with E-state index in [0.717, 1.165) is 0 Å². The quantitative estimate of drug-likeness (QED) is 0.642. The lowest BCUT2D eigenvalue weighted by molar-refractivity contribution is 0.162. The molecular formula is C12H20N2O3S. The first-order valence-corrected chi connectivity index (χ1v) is 7.58. The van der Waals surface area contributed by atoms with Crippen LogP contribution in [0.25, 0.3) is 0 Å². The van der Waals surface area contributed by atoms with Crippen LogP contribution >= 0.6 is 0 Å². The van der Waals surface area contributed by atoms with E-state index in [1.165, 1.54) is 0 Å². The van der Waals surface area contributed by atoms with Crippen LogP contribution < -0.4 is 10.5 Å². The van der Waals surface area contributed by atoms with Crippen molar-refractivity contribution in [3.05, 3.63) is 29.8 Å². The number of hydrogen-bond acceptors (Lipinski definition) is 4. The molecule has 0 saturated carbocycles. The Kier molecular flexibility index (Phi) is 5.58. The highest BCUT2D eigenvalue weighted by Gasteiger charge is 2.12. The molecule has 1 atom stereocenters. The lowest BCUT2D eigenvalue weighted by atomic mass is 10.2. The minimum absolute atomic E-state index is 0.0970. The molecule has 0 saturated heterocycles. The Morgan fingerprint density at radius 3 is 2.78 bits per heavy atom. The van der Waals surface area contributed by atoms with Crippen LogP contribution in [0.1, 0.15) is 25.3 Å². The fraction of sp³-hybridized carbons (Fsp3) is 0.500. The topological polar surface area (TPSA) is 92.4 Å². The van der Waals surface area contributed by atoms with Gasteiger partial charge in [0.05, 0.1) is 11.9 Å². The summed E-state index contributed by atoms with van der Waals surface area (Å²) in [5, 5.41) is 9.33. The highest BCUT2D eigenvalue weighted by atomic mass is 32.2. The van der Waals surface area contributed by atoms with Crippen LogP contribution in [0.4, 0.5) is 5.69 Å². The van der Waals surface area contributed by atoms with E-state index in [2.05, 4.69) is 4.72 Å². The van der Waals surface area contributed by atoms with Gasteiger partial charge in [0, 0.05) is 12.2 Å². The number of rotatable bonds is 7. The smallest absolute Gasteiger partial charge is 0.215 e. The Bertz CT molecular complexity index is 474. The van der Waals surface area contributed by atoms with Crippen molar-refractivity contribution in [1.82, 2.24) is 4.72 Å². The molecule has 0 spiro atoms. The van der Waals surface area contributed by atoms with Gasteiger partial charge >= 0.3 is 0 Å². The molecule has 0 aliphatic carbocycles. The Morgan fingerprint density at radius 2 is 2.17 bits per heavy atom. The van der Waals surface area contributed by atoms with E-state index in [4.69, 9.17) is 5.73 Å². The van der Waals surface area contributed by atoms with Crippen LogP contribution in [0.15, 0.2) is 24.3 Å². The number of nitrogens with two attached hydrogens (primary N) is 1. The van der Waals surface area contributed by atoms with Crippen LogP contribution in [0.5, 0.6) is 0 Å². The van der Waals surface area contributed by atoms with E-state index in [1.807, 2.05) is 6.92 Å². The minimum Gasteiger partial charge on any atom is -0.399 e. The van der Waals surface area contributed by atoms with Gasteiger partial charge in [-0.3, -0.25) is 0 Å². The summed E-state index contributed by atoms with van der Waals surface area (Å²) < 4.78 is 26.0. The summed E-state index contributed by atoms with van der Waals surface area (Å²) in [6.07, 6.45) is 0.587. The Balaban J connectivity index is 2.50. The van der Waals surface area contributed by atoms with Crippen molar-refractivity contribution in [1.29, 1.82) is 0 Å². The van der Waals surface area contributed by atoms with Crippen molar-refractivity contribution in [2.24, 2.45) is 0 Å². The summed E-state index contributed by atoms with van der Waals surface area (Å²) in [7, 11) is -3.37. The second-order valence-electron chi connectivity index (χ2n) is 4.25. The predicted molar refractivity (Wildman–Crippen MR) is 72.4 cm³/mol. The maximum absolute atomic E-state index is 11.7. The van der Waals surface area contributed by atoms with Gasteiger partial charge in [-0.2, -0.15) is 0 Å². The largest absolute Gasteiger partial charge is 0.399 e. The summed E-state index contributed by atoms with van der Waals surface area (Å²) in [6.45, 7) is 2.10. The zero-order chi connectivity index (χ0) is 13.6.